The SMILES string of the molecule is O=C(CCCCCCC(=O)N/N=C/c1ccccc1OC(=O)c1ccccc1)N/N=C/c1ccccc1OC(=O)c1ccccc1. The molecule has 0 unspecified atom stereocenters. The molecule has 0 bridgehead atoms. The number of amides is 2. The van der Waals surface area contributed by atoms with Crippen molar-refractivity contribution >= 4 is 36.2 Å². The topological polar surface area (TPSA) is 136 Å². The summed E-state index contributed by atoms with van der Waals surface area (Å²) in [4.78, 5) is 49.1. The summed E-state index contributed by atoms with van der Waals surface area (Å²) in [5.41, 5.74) is 6.94. The molecule has 0 aliphatic rings. The molecule has 4 aromatic rings. The molecule has 0 heterocycles. The van der Waals surface area contributed by atoms with Crippen molar-refractivity contribution in [3.8, 4) is 11.5 Å². The summed E-state index contributed by atoms with van der Waals surface area (Å²) in [7, 11) is 0. The predicted molar refractivity (Wildman–Crippen MR) is 175 cm³/mol. The zero-order valence-corrected chi connectivity index (χ0v) is 25.1. The highest BCUT2D eigenvalue weighted by molar-refractivity contribution is 5.94. The number of benzene rings is 4. The van der Waals surface area contributed by atoms with Gasteiger partial charge >= 0.3 is 11.9 Å². The van der Waals surface area contributed by atoms with E-state index in [9.17, 15) is 19.2 Å². The van der Waals surface area contributed by atoms with Gasteiger partial charge in [0.25, 0.3) is 0 Å². The lowest BCUT2D eigenvalue weighted by atomic mass is 10.1. The highest BCUT2D eigenvalue weighted by atomic mass is 16.5. The molecule has 0 radical (unpaired) electrons. The first-order valence-electron chi connectivity index (χ1n) is 14.9. The molecule has 10 heteroatoms. The first-order chi connectivity index (χ1) is 22.5. The van der Waals surface area contributed by atoms with E-state index >= 15 is 0 Å². The first kappa shape index (κ1) is 33.0. The van der Waals surface area contributed by atoms with Crippen LogP contribution in [0, 0.1) is 0 Å². The van der Waals surface area contributed by atoms with Gasteiger partial charge in [0.05, 0.1) is 23.6 Å². The number of ether oxygens (including phenoxy) is 2. The van der Waals surface area contributed by atoms with Crippen molar-refractivity contribution in [2.24, 2.45) is 10.2 Å². The van der Waals surface area contributed by atoms with E-state index < -0.39 is 11.9 Å². The molecule has 0 saturated carbocycles. The fraction of sp³-hybridized carbons (Fsp3) is 0.167. The second-order valence-electron chi connectivity index (χ2n) is 10.1. The number of rotatable bonds is 15. The lowest BCUT2D eigenvalue weighted by molar-refractivity contribution is -0.122. The number of hydrogen-bond acceptors (Lipinski definition) is 8. The van der Waals surface area contributed by atoms with Gasteiger partial charge in [0.15, 0.2) is 0 Å². The molecule has 0 aliphatic carbocycles. The van der Waals surface area contributed by atoms with Crippen molar-refractivity contribution in [2.45, 2.75) is 38.5 Å². The molecule has 46 heavy (non-hydrogen) atoms. The lowest BCUT2D eigenvalue weighted by Crippen LogP contribution is -2.17. The molecule has 0 saturated heterocycles. The van der Waals surface area contributed by atoms with Gasteiger partial charge in [-0.05, 0) is 61.4 Å². The number of nitrogens with one attached hydrogen (secondary N) is 2. The van der Waals surface area contributed by atoms with Crippen LogP contribution in [0.25, 0.3) is 0 Å². The Hall–Kier alpha value is -5.90. The Bertz CT molecular complexity index is 1550. The summed E-state index contributed by atoms with van der Waals surface area (Å²) >= 11 is 0. The highest BCUT2D eigenvalue weighted by Crippen LogP contribution is 2.19. The van der Waals surface area contributed by atoms with Crippen LogP contribution in [0.1, 0.15) is 70.4 Å². The second-order valence-corrected chi connectivity index (χ2v) is 10.1. The van der Waals surface area contributed by atoms with Crippen molar-refractivity contribution in [1.82, 2.24) is 10.9 Å². The van der Waals surface area contributed by atoms with E-state index in [2.05, 4.69) is 21.1 Å². The van der Waals surface area contributed by atoms with Gasteiger partial charge in [0.2, 0.25) is 11.8 Å². The quantitative estimate of drug-likeness (QED) is 0.0546. The van der Waals surface area contributed by atoms with Crippen LogP contribution < -0.4 is 20.3 Å². The van der Waals surface area contributed by atoms with E-state index in [1.807, 2.05) is 12.1 Å². The van der Waals surface area contributed by atoms with Gasteiger partial charge in [-0.3, -0.25) is 9.59 Å². The van der Waals surface area contributed by atoms with E-state index in [4.69, 9.17) is 9.47 Å². The Labute approximate surface area is 267 Å². The van der Waals surface area contributed by atoms with E-state index in [-0.39, 0.29) is 24.7 Å². The minimum absolute atomic E-state index is 0.239. The van der Waals surface area contributed by atoms with Gasteiger partial charge in [0.1, 0.15) is 11.5 Å². The van der Waals surface area contributed by atoms with Gasteiger partial charge in [-0.2, -0.15) is 10.2 Å². The Morgan fingerprint density at radius 3 is 1.28 bits per heavy atom. The van der Waals surface area contributed by atoms with Crippen LogP contribution in [-0.2, 0) is 9.59 Å². The number of carbonyl (C=O) groups excluding carboxylic acids is 4. The van der Waals surface area contributed by atoms with E-state index in [1.165, 1.54) is 12.4 Å². The molecule has 2 N–H and O–H groups in total. The molecule has 0 aromatic heterocycles. The van der Waals surface area contributed by atoms with Crippen LogP contribution in [0.3, 0.4) is 0 Å². The average Bonchev–Trinajstić information content (AvgIpc) is 3.08. The monoisotopic (exact) mass is 618 g/mol. The van der Waals surface area contributed by atoms with E-state index in [0.717, 1.165) is 12.8 Å². The van der Waals surface area contributed by atoms with Crippen LogP contribution in [0.5, 0.6) is 11.5 Å². The number of hydrazone groups is 2. The van der Waals surface area contributed by atoms with Crippen molar-refractivity contribution in [2.75, 3.05) is 0 Å². The molecule has 0 atom stereocenters. The van der Waals surface area contributed by atoms with Gasteiger partial charge in [0, 0.05) is 24.0 Å². The normalized spacial score (nSPS) is 10.9. The van der Waals surface area contributed by atoms with Crippen molar-refractivity contribution in [3.63, 3.8) is 0 Å². The summed E-state index contributed by atoms with van der Waals surface area (Å²) in [5, 5.41) is 7.99. The smallest absolute Gasteiger partial charge is 0.343 e. The Morgan fingerprint density at radius 2 is 0.870 bits per heavy atom. The Morgan fingerprint density at radius 1 is 0.500 bits per heavy atom. The summed E-state index contributed by atoms with van der Waals surface area (Å²) in [5.74, 6) is -0.786. The maximum Gasteiger partial charge on any atom is 0.343 e. The maximum atomic E-state index is 12.4. The van der Waals surface area contributed by atoms with Crippen LogP contribution in [-0.4, -0.2) is 36.2 Å². The van der Waals surface area contributed by atoms with Gasteiger partial charge in [-0.1, -0.05) is 73.5 Å². The number of esters is 2. The summed E-state index contributed by atoms with van der Waals surface area (Å²) in [6.45, 7) is 0. The minimum atomic E-state index is -0.486. The Balaban J connectivity index is 1.10. The molecular formula is C36H34N4O6. The number of carbonyl (C=O) groups is 4. The molecule has 2 amide bonds. The largest absolute Gasteiger partial charge is 0.422 e. The second kappa shape index (κ2) is 18.0. The molecule has 10 nitrogen and oxygen atoms in total. The zero-order valence-electron chi connectivity index (χ0n) is 25.1. The van der Waals surface area contributed by atoms with E-state index in [1.54, 1.807) is 97.1 Å². The molecule has 4 aromatic carbocycles. The zero-order chi connectivity index (χ0) is 32.4. The molecule has 4 rings (SSSR count). The van der Waals surface area contributed by atoms with Crippen molar-refractivity contribution < 1.29 is 28.7 Å². The highest BCUT2D eigenvalue weighted by Gasteiger charge is 2.12. The van der Waals surface area contributed by atoms with Crippen LogP contribution in [0.4, 0.5) is 0 Å². The summed E-state index contributed by atoms with van der Waals surface area (Å²) in [6, 6.07) is 31.1. The van der Waals surface area contributed by atoms with Crippen LogP contribution in [0.15, 0.2) is 119 Å². The number of unbranched alkanes of at least 4 members (excludes halogenated alkanes) is 3. The van der Waals surface area contributed by atoms with Crippen molar-refractivity contribution in [1.29, 1.82) is 0 Å². The molecule has 234 valence electrons. The number of para-hydroxylation sites is 2. The molecule has 0 spiro atoms. The fourth-order valence-corrected chi connectivity index (χ4v) is 4.21. The predicted octanol–water partition coefficient (Wildman–Crippen LogP) is 6.07. The molecular weight excluding hydrogens is 584 g/mol. The lowest BCUT2D eigenvalue weighted by Gasteiger charge is -2.07. The van der Waals surface area contributed by atoms with Gasteiger partial charge in [-0.25, -0.2) is 20.4 Å². The molecule has 0 fully saturated rings. The van der Waals surface area contributed by atoms with Gasteiger partial charge < -0.3 is 9.47 Å². The summed E-state index contributed by atoms with van der Waals surface area (Å²) in [6.07, 6.45) is 6.26. The number of hydrogen-bond donors (Lipinski definition) is 2. The van der Waals surface area contributed by atoms with Crippen molar-refractivity contribution in [3.05, 3.63) is 131 Å². The third-order valence-electron chi connectivity index (χ3n) is 6.61. The average molecular weight is 619 g/mol. The fourth-order valence-electron chi connectivity index (χ4n) is 4.21. The number of nitrogens with zero attached hydrogens (tertiary/aromatic N) is 2. The van der Waals surface area contributed by atoms with Gasteiger partial charge in [-0.15, -0.1) is 0 Å². The first-order valence-corrected chi connectivity index (χ1v) is 14.9. The van der Waals surface area contributed by atoms with E-state index in [0.29, 0.717) is 46.6 Å². The molecule has 0 aliphatic heterocycles. The van der Waals surface area contributed by atoms with Crippen LogP contribution >= 0.6 is 0 Å². The maximum absolute atomic E-state index is 12.4. The van der Waals surface area contributed by atoms with Crippen LogP contribution in [0.2, 0.25) is 0 Å². The third-order valence-corrected chi connectivity index (χ3v) is 6.61. The Kier molecular flexibility index (Phi) is 12.9. The minimum Gasteiger partial charge on any atom is -0.422 e. The third kappa shape index (κ3) is 11.0. The summed E-state index contributed by atoms with van der Waals surface area (Å²) < 4.78 is 11.0. The standard InChI is InChI=1S/C36H34N4O6/c41-33(39-37-25-29-19-11-13-21-31(29)45-35(43)27-15-5-3-6-16-27)23-9-1-2-10-24-34(42)40-38-26-30-20-12-14-22-32(30)46-36(44)28-17-7-4-8-18-28/h3-8,11-22,25-26H,1-2,9-10,23-24H2,(H,39,41)(H,40,42)/b37-25+,38-26+.